The molecule has 0 saturated carbocycles. The van der Waals surface area contributed by atoms with E-state index in [1.807, 2.05) is 0 Å². The van der Waals surface area contributed by atoms with Crippen molar-refractivity contribution in [3.05, 3.63) is 65.7 Å². The van der Waals surface area contributed by atoms with Crippen molar-refractivity contribution in [1.82, 2.24) is 4.90 Å². The summed E-state index contributed by atoms with van der Waals surface area (Å²) in [4.78, 5) is 14.1. The predicted octanol–water partition coefficient (Wildman–Crippen LogP) is 3.33. The lowest BCUT2D eigenvalue weighted by Gasteiger charge is -2.39. The van der Waals surface area contributed by atoms with Crippen molar-refractivity contribution in [3.8, 4) is 5.75 Å². The summed E-state index contributed by atoms with van der Waals surface area (Å²) < 4.78 is 31.5. The van der Waals surface area contributed by atoms with Crippen LogP contribution >= 0.6 is 0 Å². The first-order chi connectivity index (χ1) is 12.9. The van der Waals surface area contributed by atoms with Crippen LogP contribution in [0.15, 0.2) is 48.5 Å². The first kappa shape index (κ1) is 19.3. The minimum atomic E-state index is -1.13. The molecule has 1 unspecified atom stereocenters. The summed E-state index contributed by atoms with van der Waals surface area (Å²) in [6.45, 7) is 0.845. The first-order valence-corrected chi connectivity index (χ1v) is 9.07. The third-order valence-corrected chi connectivity index (χ3v) is 4.77. The van der Waals surface area contributed by atoms with Gasteiger partial charge in [0.1, 0.15) is 29.6 Å². The van der Waals surface area contributed by atoms with Gasteiger partial charge in [-0.1, -0.05) is 12.1 Å². The number of halogens is 2. The molecular weight excluding hydrogens is 352 g/mol. The predicted molar refractivity (Wildman–Crippen MR) is 97.4 cm³/mol. The van der Waals surface area contributed by atoms with Crippen molar-refractivity contribution in [2.75, 3.05) is 19.7 Å². The summed E-state index contributed by atoms with van der Waals surface area (Å²) in [5.41, 5.74) is -0.227. The van der Waals surface area contributed by atoms with Crippen molar-refractivity contribution >= 4 is 5.91 Å². The van der Waals surface area contributed by atoms with Gasteiger partial charge in [0, 0.05) is 13.0 Å². The van der Waals surface area contributed by atoms with Crippen LogP contribution in [0.4, 0.5) is 8.78 Å². The van der Waals surface area contributed by atoms with Gasteiger partial charge in [0.2, 0.25) is 5.91 Å². The number of rotatable bonds is 6. The molecule has 2 aromatic carbocycles. The molecular formula is C21H23F2NO3. The smallest absolute Gasteiger partial charge is 0.223 e. The summed E-state index contributed by atoms with van der Waals surface area (Å²) in [5, 5.41) is 10.8. The van der Waals surface area contributed by atoms with Gasteiger partial charge < -0.3 is 14.7 Å². The zero-order chi connectivity index (χ0) is 19.3. The fourth-order valence-corrected chi connectivity index (χ4v) is 3.25. The average Bonchev–Trinajstić information content (AvgIpc) is 2.67. The number of hydrogen-bond donors (Lipinski definition) is 1. The quantitative estimate of drug-likeness (QED) is 0.843. The van der Waals surface area contributed by atoms with E-state index < -0.39 is 5.60 Å². The maximum absolute atomic E-state index is 12.9. The van der Waals surface area contributed by atoms with Crippen LogP contribution in [0.1, 0.15) is 24.8 Å². The number of benzene rings is 2. The molecule has 4 nitrogen and oxygen atoms in total. The van der Waals surface area contributed by atoms with E-state index in [4.69, 9.17) is 4.74 Å². The Labute approximate surface area is 157 Å². The molecule has 3 rings (SSSR count). The first-order valence-electron chi connectivity index (χ1n) is 9.07. The van der Waals surface area contributed by atoms with Gasteiger partial charge in [0.05, 0.1) is 6.54 Å². The molecule has 1 amide bonds. The summed E-state index contributed by atoms with van der Waals surface area (Å²) in [5.74, 6) is -0.215. The molecule has 1 N–H and O–H groups in total. The summed E-state index contributed by atoms with van der Waals surface area (Å²) >= 11 is 0. The highest BCUT2D eigenvalue weighted by Crippen LogP contribution is 2.24. The zero-order valence-electron chi connectivity index (χ0n) is 15.0. The SMILES string of the molecule is O=C(CCc1ccc(F)cc1)N1CCCC(O)(COc2ccc(F)cc2)C1. The Bertz CT molecular complexity index is 764. The van der Waals surface area contributed by atoms with Crippen LogP contribution in [0.3, 0.4) is 0 Å². The van der Waals surface area contributed by atoms with Crippen LogP contribution in [0, 0.1) is 11.6 Å². The molecule has 1 fully saturated rings. The molecule has 1 aliphatic rings. The molecule has 0 aromatic heterocycles. The normalized spacial score (nSPS) is 19.7. The van der Waals surface area contributed by atoms with Crippen LogP contribution in [0.5, 0.6) is 5.75 Å². The highest BCUT2D eigenvalue weighted by atomic mass is 19.1. The molecule has 27 heavy (non-hydrogen) atoms. The highest BCUT2D eigenvalue weighted by Gasteiger charge is 2.35. The molecule has 0 radical (unpaired) electrons. The molecule has 0 aliphatic carbocycles. The monoisotopic (exact) mass is 375 g/mol. The van der Waals surface area contributed by atoms with E-state index in [-0.39, 0.29) is 30.7 Å². The van der Waals surface area contributed by atoms with Crippen LogP contribution in [-0.2, 0) is 11.2 Å². The summed E-state index contributed by atoms with van der Waals surface area (Å²) in [7, 11) is 0. The molecule has 1 atom stereocenters. The maximum atomic E-state index is 12.9. The van der Waals surface area contributed by atoms with Gasteiger partial charge in [-0.25, -0.2) is 8.78 Å². The third kappa shape index (κ3) is 5.50. The number of β-amino-alcohol motifs (C(OH)–C–C–N with tert-alkyl or cyclic N) is 1. The van der Waals surface area contributed by atoms with Crippen LogP contribution in [0.2, 0.25) is 0 Å². The second-order valence-corrected chi connectivity index (χ2v) is 7.01. The Morgan fingerprint density at radius 1 is 1.07 bits per heavy atom. The van der Waals surface area contributed by atoms with Crippen LogP contribution < -0.4 is 4.74 Å². The number of likely N-dealkylation sites (tertiary alicyclic amines) is 1. The van der Waals surface area contributed by atoms with Gasteiger partial charge in [0.25, 0.3) is 0 Å². The van der Waals surface area contributed by atoms with E-state index in [0.717, 1.165) is 5.56 Å². The van der Waals surface area contributed by atoms with Gasteiger partial charge in [-0.2, -0.15) is 0 Å². The maximum Gasteiger partial charge on any atom is 0.223 e. The van der Waals surface area contributed by atoms with Crippen molar-refractivity contribution in [1.29, 1.82) is 0 Å². The Morgan fingerprint density at radius 3 is 2.37 bits per heavy atom. The van der Waals surface area contributed by atoms with Gasteiger partial charge in [-0.15, -0.1) is 0 Å². The van der Waals surface area contributed by atoms with E-state index in [1.54, 1.807) is 17.0 Å². The Hall–Kier alpha value is -2.47. The Morgan fingerprint density at radius 2 is 1.70 bits per heavy atom. The number of aliphatic hydroxyl groups is 1. The van der Waals surface area contributed by atoms with Crippen molar-refractivity contribution in [2.45, 2.75) is 31.3 Å². The van der Waals surface area contributed by atoms with E-state index in [0.29, 0.717) is 38.0 Å². The van der Waals surface area contributed by atoms with Gasteiger partial charge in [0.15, 0.2) is 0 Å². The van der Waals surface area contributed by atoms with Gasteiger partial charge >= 0.3 is 0 Å². The number of carbonyl (C=O) groups excluding carboxylic acids is 1. The van der Waals surface area contributed by atoms with Crippen molar-refractivity contribution < 1.29 is 23.4 Å². The lowest BCUT2D eigenvalue weighted by Crippen LogP contribution is -2.53. The molecule has 1 saturated heterocycles. The topological polar surface area (TPSA) is 49.8 Å². The van der Waals surface area contributed by atoms with E-state index in [2.05, 4.69) is 0 Å². The van der Waals surface area contributed by atoms with Gasteiger partial charge in [-0.3, -0.25) is 4.79 Å². The molecule has 6 heteroatoms. The Balaban J connectivity index is 1.51. The van der Waals surface area contributed by atoms with Crippen molar-refractivity contribution in [3.63, 3.8) is 0 Å². The number of piperidine rings is 1. The van der Waals surface area contributed by atoms with Crippen molar-refractivity contribution in [2.24, 2.45) is 0 Å². The van der Waals surface area contributed by atoms with Gasteiger partial charge in [-0.05, 0) is 61.2 Å². The summed E-state index contributed by atoms with van der Waals surface area (Å²) in [6, 6.07) is 11.7. The number of hydrogen-bond acceptors (Lipinski definition) is 3. The molecule has 1 heterocycles. The standard InChI is InChI=1S/C21H23F2NO3/c22-17-5-2-16(3-6-17)4-11-20(25)24-13-1-12-21(26,14-24)15-27-19-9-7-18(23)8-10-19/h2-3,5-10,26H,1,4,11-15H2. The lowest BCUT2D eigenvalue weighted by molar-refractivity contribution is -0.140. The minimum absolute atomic E-state index is 0.0420. The molecule has 0 spiro atoms. The van der Waals surface area contributed by atoms with Crippen LogP contribution in [-0.4, -0.2) is 41.2 Å². The molecule has 144 valence electrons. The largest absolute Gasteiger partial charge is 0.491 e. The third-order valence-electron chi connectivity index (χ3n) is 4.77. The average molecular weight is 375 g/mol. The highest BCUT2D eigenvalue weighted by molar-refractivity contribution is 5.76. The summed E-state index contributed by atoms with van der Waals surface area (Å²) in [6.07, 6.45) is 2.06. The minimum Gasteiger partial charge on any atom is -0.491 e. The number of amides is 1. The van der Waals surface area contributed by atoms with E-state index in [1.165, 1.54) is 36.4 Å². The number of carbonyl (C=O) groups is 1. The van der Waals surface area contributed by atoms with E-state index >= 15 is 0 Å². The lowest BCUT2D eigenvalue weighted by atomic mass is 9.93. The van der Waals surface area contributed by atoms with Crippen LogP contribution in [0.25, 0.3) is 0 Å². The fraction of sp³-hybridized carbons (Fsp3) is 0.381. The molecule has 0 bridgehead atoms. The number of nitrogens with zero attached hydrogens (tertiary/aromatic N) is 1. The number of ether oxygens (including phenoxy) is 1. The second kappa shape index (κ2) is 8.48. The zero-order valence-corrected chi connectivity index (χ0v) is 15.0. The molecule has 2 aromatic rings. The Kier molecular flexibility index (Phi) is 6.06. The van der Waals surface area contributed by atoms with E-state index in [9.17, 15) is 18.7 Å². The second-order valence-electron chi connectivity index (χ2n) is 7.01. The fourth-order valence-electron chi connectivity index (χ4n) is 3.25. The molecule has 1 aliphatic heterocycles. The number of aryl methyl sites for hydroxylation is 1.